The van der Waals surface area contributed by atoms with E-state index in [0.717, 1.165) is 32.0 Å². The van der Waals surface area contributed by atoms with Crippen molar-refractivity contribution in [1.29, 1.82) is 5.26 Å². The highest BCUT2D eigenvalue weighted by Crippen LogP contribution is 2.37. The van der Waals surface area contributed by atoms with E-state index in [9.17, 15) is 14.9 Å². The van der Waals surface area contributed by atoms with Gasteiger partial charge in [0, 0.05) is 33.0 Å². The van der Waals surface area contributed by atoms with Crippen molar-refractivity contribution in [2.75, 3.05) is 11.4 Å². The third kappa shape index (κ3) is 4.05. The molecule has 2 aromatic heterocycles. The molecule has 6 nitrogen and oxygen atoms in total. The van der Waals surface area contributed by atoms with Crippen molar-refractivity contribution in [1.82, 2.24) is 9.47 Å². The number of hydrogen-bond donors (Lipinski definition) is 0. The Morgan fingerprint density at radius 1 is 1.08 bits per heavy atom. The number of halogens is 1. The normalized spacial score (nSPS) is 15.2. The predicted octanol–water partition coefficient (Wildman–Crippen LogP) is 6.40. The maximum absolute atomic E-state index is 13.6. The molecule has 9 heteroatoms. The summed E-state index contributed by atoms with van der Waals surface area (Å²) < 4.78 is 3.02. The summed E-state index contributed by atoms with van der Waals surface area (Å²) in [5, 5.41) is 12.3. The number of hydrogen-bond acceptors (Lipinski definition) is 5. The molecule has 0 spiro atoms. The number of thiocarbonyl (C=S) groups is 1. The van der Waals surface area contributed by atoms with E-state index >= 15 is 0 Å². The molecule has 1 fully saturated rings. The average molecular weight is 545 g/mol. The topological polar surface area (TPSA) is 69.3 Å². The summed E-state index contributed by atoms with van der Waals surface area (Å²) in [6, 6.07) is 18.8. The van der Waals surface area contributed by atoms with Crippen LogP contribution in [0.1, 0.15) is 29.4 Å². The average Bonchev–Trinajstić information content (AvgIpc) is 3.38. The van der Waals surface area contributed by atoms with Gasteiger partial charge in [0.05, 0.1) is 11.3 Å². The van der Waals surface area contributed by atoms with Gasteiger partial charge in [-0.1, -0.05) is 29.8 Å². The minimum atomic E-state index is -0.494. The Labute approximate surface area is 228 Å². The van der Waals surface area contributed by atoms with Crippen molar-refractivity contribution in [2.24, 2.45) is 0 Å². The van der Waals surface area contributed by atoms with Gasteiger partial charge >= 0.3 is 0 Å². The first-order valence-electron chi connectivity index (χ1n) is 11.5. The van der Waals surface area contributed by atoms with Gasteiger partial charge in [-0.2, -0.15) is 5.26 Å². The second-order valence-corrected chi connectivity index (χ2v) is 10.4. The third-order valence-corrected chi connectivity index (χ3v) is 8.21. The number of anilines is 1. The number of benzene rings is 2. The van der Waals surface area contributed by atoms with Crippen molar-refractivity contribution < 1.29 is 9.59 Å². The highest BCUT2D eigenvalue weighted by Gasteiger charge is 2.39. The van der Waals surface area contributed by atoms with Crippen LogP contribution in [0.4, 0.5) is 5.69 Å². The molecule has 2 amide bonds. The zero-order valence-electron chi connectivity index (χ0n) is 20.3. The van der Waals surface area contributed by atoms with E-state index in [1.165, 1.54) is 21.1 Å². The summed E-state index contributed by atoms with van der Waals surface area (Å²) in [4.78, 5) is 29.8. The van der Waals surface area contributed by atoms with Gasteiger partial charge in [-0.3, -0.25) is 19.4 Å². The second kappa shape index (κ2) is 9.60. The molecular weight excluding hydrogens is 524 g/mol. The Bertz CT molecular complexity index is 1670. The molecule has 0 unspecified atom stereocenters. The van der Waals surface area contributed by atoms with Gasteiger partial charge in [0.2, 0.25) is 0 Å². The van der Waals surface area contributed by atoms with Crippen molar-refractivity contribution >= 4 is 73.9 Å². The Morgan fingerprint density at radius 3 is 2.46 bits per heavy atom. The lowest BCUT2D eigenvalue weighted by atomic mass is 10.1. The highest BCUT2D eigenvalue weighted by atomic mass is 35.5. The number of nitriles is 1. The minimum Gasteiger partial charge on any atom is -0.308 e. The van der Waals surface area contributed by atoms with Crippen LogP contribution in [-0.4, -0.2) is 32.9 Å². The van der Waals surface area contributed by atoms with Gasteiger partial charge in [-0.15, -0.1) is 11.3 Å². The Balaban J connectivity index is 1.64. The standard InChI is InChI=1S/C28H21ClN4O2S2/c1-4-31-25(34)22(26(35)33(28(31)36)20-11-9-19(29)10-12-20)14-18-13-16(2)32(17(18)3)27-23(15-30)21-7-5-6-8-24(21)37-27/h5-14H,4H2,1-3H3/b22-14-. The number of fused-ring (bicyclic) bond motifs is 1. The molecule has 184 valence electrons. The van der Waals surface area contributed by atoms with E-state index < -0.39 is 11.8 Å². The van der Waals surface area contributed by atoms with Crippen LogP contribution in [0.15, 0.2) is 60.2 Å². The predicted molar refractivity (Wildman–Crippen MR) is 152 cm³/mol. The lowest BCUT2D eigenvalue weighted by molar-refractivity contribution is -0.127. The fourth-order valence-electron chi connectivity index (χ4n) is 4.57. The van der Waals surface area contributed by atoms with Crippen LogP contribution in [0, 0.1) is 25.2 Å². The number of thiophene rings is 1. The van der Waals surface area contributed by atoms with E-state index in [-0.39, 0.29) is 10.7 Å². The number of likely N-dealkylation sites (N-methyl/N-ethyl adjacent to an activating group) is 1. The van der Waals surface area contributed by atoms with Crippen LogP contribution in [0.2, 0.25) is 5.02 Å². The number of nitrogens with zero attached hydrogens (tertiary/aromatic N) is 4. The highest BCUT2D eigenvalue weighted by molar-refractivity contribution is 7.80. The summed E-state index contributed by atoms with van der Waals surface area (Å²) >= 11 is 13.1. The molecule has 0 aliphatic carbocycles. The lowest BCUT2D eigenvalue weighted by Crippen LogP contribution is -2.56. The number of aromatic nitrogens is 1. The molecule has 1 aliphatic rings. The fourth-order valence-corrected chi connectivity index (χ4v) is 6.36. The number of rotatable bonds is 4. The first-order chi connectivity index (χ1) is 17.8. The van der Waals surface area contributed by atoms with Crippen molar-refractivity contribution in [3.05, 3.63) is 87.7 Å². The molecule has 1 saturated heterocycles. The van der Waals surface area contributed by atoms with Crippen molar-refractivity contribution in [3.8, 4) is 11.1 Å². The van der Waals surface area contributed by atoms with Gasteiger partial charge in [-0.25, -0.2) is 0 Å². The molecule has 4 aromatic rings. The van der Waals surface area contributed by atoms with Crippen LogP contribution in [0.5, 0.6) is 0 Å². The summed E-state index contributed by atoms with van der Waals surface area (Å²) in [7, 11) is 0. The van der Waals surface area contributed by atoms with Gasteiger partial charge in [0.25, 0.3) is 11.8 Å². The molecule has 0 saturated carbocycles. The third-order valence-electron chi connectivity index (χ3n) is 6.39. The maximum Gasteiger partial charge on any atom is 0.270 e. The van der Waals surface area contributed by atoms with Crippen LogP contribution < -0.4 is 4.90 Å². The monoisotopic (exact) mass is 544 g/mol. The molecule has 0 atom stereocenters. The smallest absolute Gasteiger partial charge is 0.270 e. The largest absolute Gasteiger partial charge is 0.308 e. The molecule has 5 rings (SSSR count). The molecule has 0 N–H and O–H groups in total. The molecule has 3 heterocycles. The molecule has 0 radical (unpaired) electrons. The van der Waals surface area contributed by atoms with Crippen LogP contribution in [0.25, 0.3) is 21.2 Å². The fraction of sp³-hybridized carbons (Fsp3) is 0.143. The Kier molecular flexibility index (Phi) is 6.46. The van der Waals surface area contributed by atoms with Gasteiger partial charge in [-0.05, 0) is 81.0 Å². The van der Waals surface area contributed by atoms with Crippen LogP contribution in [0.3, 0.4) is 0 Å². The van der Waals surface area contributed by atoms with E-state index in [4.69, 9.17) is 23.8 Å². The summed E-state index contributed by atoms with van der Waals surface area (Å²) in [6.45, 7) is 5.99. The van der Waals surface area contributed by atoms with Gasteiger partial charge in [0.15, 0.2) is 5.11 Å². The molecule has 2 aromatic carbocycles. The van der Waals surface area contributed by atoms with E-state index in [1.807, 2.05) is 55.7 Å². The Hall–Kier alpha value is -3.77. The first-order valence-corrected chi connectivity index (χ1v) is 13.2. The van der Waals surface area contributed by atoms with Gasteiger partial charge in [0.1, 0.15) is 16.6 Å². The molecule has 1 aliphatic heterocycles. The van der Waals surface area contributed by atoms with Crippen LogP contribution >= 0.6 is 35.2 Å². The van der Waals surface area contributed by atoms with Crippen molar-refractivity contribution in [2.45, 2.75) is 20.8 Å². The lowest BCUT2D eigenvalue weighted by Gasteiger charge is -2.36. The van der Waals surface area contributed by atoms with E-state index in [2.05, 4.69) is 6.07 Å². The van der Waals surface area contributed by atoms with E-state index in [0.29, 0.717) is 22.8 Å². The number of amides is 2. The van der Waals surface area contributed by atoms with E-state index in [1.54, 1.807) is 30.3 Å². The molecule has 37 heavy (non-hydrogen) atoms. The van der Waals surface area contributed by atoms with Crippen molar-refractivity contribution in [3.63, 3.8) is 0 Å². The summed E-state index contributed by atoms with van der Waals surface area (Å²) in [5.74, 6) is -0.932. The Morgan fingerprint density at radius 2 is 1.78 bits per heavy atom. The number of aryl methyl sites for hydroxylation is 1. The number of carbonyl (C=O) groups excluding carboxylic acids is 2. The number of carbonyl (C=O) groups is 2. The summed E-state index contributed by atoms with van der Waals surface area (Å²) in [6.07, 6.45) is 1.62. The zero-order valence-corrected chi connectivity index (χ0v) is 22.7. The maximum atomic E-state index is 13.6. The second-order valence-electron chi connectivity index (χ2n) is 8.56. The SMILES string of the molecule is CCN1C(=O)/C(=C/c2cc(C)n(-c3sc4ccccc4c3C#N)c2C)C(=O)N(c2ccc(Cl)cc2)C1=S. The van der Waals surface area contributed by atoms with Gasteiger partial charge < -0.3 is 4.57 Å². The zero-order chi connectivity index (χ0) is 26.4. The molecular formula is C28H21ClN4O2S2. The summed E-state index contributed by atoms with van der Waals surface area (Å²) in [5.41, 5.74) is 3.58. The van der Waals surface area contributed by atoms with Crippen LogP contribution in [-0.2, 0) is 9.59 Å². The minimum absolute atomic E-state index is 0.0162. The quantitative estimate of drug-likeness (QED) is 0.169. The first kappa shape index (κ1) is 24.9. The molecule has 0 bridgehead atoms.